The van der Waals surface area contributed by atoms with Gasteiger partial charge in [0.2, 0.25) is 5.95 Å². The van der Waals surface area contributed by atoms with Gasteiger partial charge in [0.25, 0.3) is 0 Å². The number of rotatable bonds is 8. The molecular weight excluding hydrogens is 587 g/mol. The lowest BCUT2D eigenvalue weighted by molar-refractivity contribution is 0.323. The number of aromatic amines is 1. The third-order valence-corrected chi connectivity index (χ3v) is 10.7. The number of H-pyrrole nitrogens is 1. The molecule has 8 rings (SSSR count). The zero-order chi connectivity index (χ0) is 30.8. The fourth-order valence-corrected chi connectivity index (χ4v) is 8.35. The number of allylic oxidation sites excluding steroid dienone is 1. The Balaban J connectivity index is 1.12. The van der Waals surface area contributed by atoms with Crippen molar-refractivity contribution >= 4 is 28.5 Å². The number of aromatic nitrogens is 6. The van der Waals surface area contributed by atoms with Crippen molar-refractivity contribution in [3.05, 3.63) is 95.1 Å². The predicted octanol–water partition coefficient (Wildman–Crippen LogP) is 7.14. The molecule has 2 fully saturated rings. The van der Waals surface area contributed by atoms with Crippen molar-refractivity contribution < 1.29 is 4.39 Å². The van der Waals surface area contributed by atoms with Crippen molar-refractivity contribution in [3.63, 3.8) is 0 Å². The highest BCUT2D eigenvalue weighted by Gasteiger charge is 2.40. The van der Waals surface area contributed by atoms with Gasteiger partial charge in [-0.3, -0.25) is 4.68 Å². The standard InChI is InChI=1S/C35H38ClFN8/c1-4-43-15-25-11-24(12-26(25)16-43)22-5-7-23(8-6-22)28-14-30(36)29-18-45(42-32(29)20(28)2)34(21(3)41-35-38-9-10-39-35)33-31-13-27(37)17-44(31)19-40-33/h5-10,14,18-19,24-27,34H,3-4,11-13,15-17H2,1-2H3,(H2,38,39,41)/t24?,25?,26?,27-,34?/m1/s1. The normalized spacial score (nSPS) is 23.5. The molecule has 1 aliphatic carbocycles. The monoisotopic (exact) mass is 624 g/mol. The van der Waals surface area contributed by atoms with Crippen LogP contribution in [0, 0.1) is 18.8 Å². The van der Waals surface area contributed by atoms with E-state index in [1.807, 2.05) is 21.5 Å². The van der Waals surface area contributed by atoms with Crippen LogP contribution in [0.3, 0.4) is 0 Å². The van der Waals surface area contributed by atoms with Crippen molar-refractivity contribution in [3.8, 4) is 11.1 Å². The third-order valence-electron chi connectivity index (χ3n) is 10.4. The molecule has 0 amide bonds. The lowest BCUT2D eigenvalue weighted by atomic mass is 9.92. The van der Waals surface area contributed by atoms with E-state index in [0.717, 1.165) is 50.8 Å². The maximum Gasteiger partial charge on any atom is 0.204 e. The first-order valence-corrected chi connectivity index (χ1v) is 16.4. The highest BCUT2D eigenvalue weighted by atomic mass is 35.5. The van der Waals surface area contributed by atoms with E-state index >= 15 is 0 Å². The van der Waals surface area contributed by atoms with Crippen LogP contribution in [-0.4, -0.2) is 60.0 Å². The summed E-state index contributed by atoms with van der Waals surface area (Å²) in [6, 6.07) is 10.6. The van der Waals surface area contributed by atoms with E-state index in [9.17, 15) is 4.39 Å². The van der Waals surface area contributed by atoms with Crippen LogP contribution in [0.2, 0.25) is 5.02 Å². The Morgan fingerprint density at radius 3 is 2.64 bits per heavy atom. The zero-order valence-electron chi connectivity index (χ0n) is 25.7. The number of aryl methyl sites for hydroxylation is 1. The lowest BCUT2D eigenvalue weighted by Crippen LogP contribution is -2.21. The summed E-state index contributed by atoms with van der Waals surface area (Å²) < 4.78 is 18.2. The molecule has 3 aliphatic rings. The number of nitrogens with zero attached hydrogens (tertiary/aromatic N) is 6. The molecule has 8 nitrogen and oxygen atoms in total. The fraction of sp³-hybridized carbons (Fsp3) is 0.400. The van der Waals surface area contributed by atoms with Crippen LogP contribution in [-0.2, 0) is 13.0 Å². The topological polar surface area (TPSA) is 79.6 Å². The van der Waals surface area contributed by atoms with E-state index in [-0.39, 0.29) is 0 Å². The van der Waals surface area contributed by atoms with E-state index in [0.29, 0.717) is 35.6 Å². The summed E-state index contributed by atoms with van der Waals surface area (Å²) in [7, 11) is 0. The van der Waals surface area contributed by atoms with Crippen molar-refractivity contribution in [2.24, 2.45) is 11.8 Å². The molecule has 3 unspecified atom stereocenters. The van der Waals surface area contributed by atoms with Crippen LogP contribution in [0.5, 0.6) is 0 Å². The molecule has 1 saturated heterocycles. The van der Waals surface area contributed by atoms with Crippen LogP contribution in [0.1, 0.15) is 54.2 Å². The molecule has 5 heterocycles. The Bertz CT molecular complexity index is 1860. The van der Waals surface area contributed by atoms with Crippen LogP contribution < -0.4 is 5.32 Å². The Morgan fingerprint density at radius 1 is 1.16 bits per heavy atom. The van der Waals surface area contributed by atoms with Crippen molar-refractivity contribution in [2.45, 2.75) is 57.8 Å². The number of benzene rings is 2. The summed E-state index contributed by atoms with van der Waals surface area (Å²) in [5.41, 5.74) is 7.70. The van der Waals surface area contributed by atoms with Gasteiger partial charge in [-0.1, -0.05) is 49.4 Å². The summed E-state index contributed by atoms with van der Waals surface area (Å²) in [5, 5.41) is 9.84. The molecule has 45 heavy (non-hydrogen) atoms. The van der Waals surface area contributed by atoms with E-state index in [1.165, 1.54) is 38.0 Å². The van der Waals surface area contributed by atoms with Gasteiger partial charge in [-0.05, 0) is 72.4 Å². The third kappa shape index (κ3) is 4.97. The molecule has 1 saturated carbocycles. The van der Waals surface area contributed by atoms with Crippen molar-refractivity contribution in [1.29, 1.82) is 0 Å². The number of nitrogens with one attached hydrogen (secondary N) is 2. The highest BCUT2D eigenvalue weighted by molar-refractivity contribution is 6.36. The average molecular weight is 625 g/mol. The summed E-state index contributed by atoms with van der Waals surface area (Å²) in [6.07, 6.45) is 9.02. The summed E-state index contributed by atoms with van der Waals surface area (Å²) in [5.74, 6) is 2.88. The molecule has 3 aromatic heterocycles. The number of hydrogen-bond acceptors (Lipinski definition) is 5. The number of halogens is 2. The Kier molecular flexibility index (Phi) is 7.06. The number of alkyl halides is 1. The molecule has 10 heteroatoms. The van der Waals surface area contributed by atoms with Crippen LogP contribution in [0.25, 0.3) is 22.0 Å². The fourth-order valence-electron chi connectivity index (χ4n) is 8.10. The van der Waals surface area contributed by atoms with Gasteiger partial charge in [-0.25, -0.2) is 14.4 Å². The van der Waals surface area contributed by atoms with Gasteiger partial charge in [-0.15, -0.1) is 0 Å². The Labute approximate surface area is 267 Å². The molecule has 0 bridgehead atoms. The molecule has 2 aromatic carbocycles. The second-order valence-corrected chi connectivity index (χ2v) is 13.5. The second kappa shape index (κ2) is 11.1. The number of imidazole rings is 2. The Hall–Kier alpha value is -3.95. The molecule has 5 aromatic rings. The van der Waals surface area contributed by atoms with Crippen LogP contribution in [0.4, 0.5) is 10.3 Å². The smallest absolute Gasteiger partial charge is 0.204 e. The summed E-state index contributed by atoms with van der Waals surface area (Å²) in [6.45, 7) is 12.7. The van der Waals surface area contributed by atoms with E-state index < -0.39 is 12.2 Å². The molecule has 0 radical (unpaired) electrons. The quantitative estimate of drug-likeness (QED) is 0.192. The minimum absolute atomic E-state index is 0.305. The minimum Gasteiger partial charge on any atom is -0.331 e. The average Bonchev–Trinajstić information content (AvgIpc) is 3.86. The van der Waals surface area contributed by atoms with Gasteiger partial charge < -0.3 is 19.8 Å². The number of anilines is 1. The van der Waals surface area contributed by atoms with Gasteiger partial charge in [0.15, 0.2) is 0 Å². The van der Waals surface area contributed by atoms with E-state index in [1.54, 1.807) is 18.7 Å². The Morgan fingerprint density at radius 2 is 1.93 bits per heavy atom. The first-order chi connectivity index (χ1) is 21.9. The summed E-state index contributed by atoms with van der Waals surface area (Å²) in [4.78, 5) is 14.7. The molecule has 2 aliphatic heterocycles. The van der Waals surface area contributed by atoms with Crippen LogP contribution in [0.15, 0.2) is 67.5 Å². The van der Waals surface area contributed by atoms with E-state index in [2.05, 4.69) is 64.9 Å². The van der Waals surface area contributed by atoms with Gasteiger partial charge in [0.1, 0.15) is 12.2 Å². The number of likely N-dealkylation sites (tertiary alicyclic amines) is 1. The zero-order valence-corrected chi connectivity index (χ0v) is 26.4. The largest absolute Gasteiger partial charge is 0.331 e. The molecular formula is C35H38ClFN8. The van der Waals surface area contributed by atoms with Gasteiger partial charge >= 0.3 is 0 Å². The second-order valence-electron chi connectivity index (χ2n) is 13.1. The SMILES string of the molecule is C=C(Nc1ncc[nH]1)C(c1ncn2c1C[C@@H](F)C2)n1cc2c(Cl)cc(-c3ccc(C4CC5CN(CC)CC5C4)cc3)c(C)c2n1. The first kappa shape index (κ1) is 28.5. The maximum absolute atomic E-state index is 14.4. The molecule has 2 N–H and O–H groups in total. The summed E-state index contributed by atoms with van der Waals surface area (Å²) >= 11 is 6.97. The van der Waals surface area contributed by atoms with Gasteiger partial charge in [-0.2, -0.15) is 5.10 Å². The molecule has 232 valence electrons. The van der Waals surface area contributed by atoms with Gasteiger partial charge in [0, 0.05) is 54.9 Å². The predicted molar refractivity (Wildman–Crippen MR) is 176 cm³/mol. The minimum atomic E-state index is -0.934. The highest BCUT2D eigenvalue weighted by Crippen LogP contribution is 2.46. The van der Waals surface area contributed by atoms with Gasteiger partial charge in [0.05, 0.1) is 29.1 Å². The lowest BCUT2D eigenvalue weighted by Gasteiger charge is -2.20. The van der Waals surface area contributed by atoms with Crippen molar-refractivity contribution in [1.82, 2.24) is 34.2 Å². The van der Waals surface area contributed by atoms with E-state index in [4.69, 9.17) is 21.7 Å². The van der Waals surface area contributed by atoms with Crippen molar-refractivity contribution in [2.75, 3.05) is 25.0 Å². The maximum atomic E-state index is 14.4. The molecule has 0 spiro atoms. The number of hydrogen-bond donors (Lipinski definition) is 2. The first-order valence-electron chi connectivity index (χ1n) is 16.0. The molecule has 4 atom stereocenters. The van der Waals surface area contributed by atoms with Crippen LogP contribution >= 0.6 is 11.6 Å². The number of fused-ring (bicyclic) bond motifs is 3.